The second-order valence-electron chi connectivity index (χ2n) is 7.20. The van der Waals surface area contributed by atoms with Gasteiger partial charge in [0.15, 0.2) is 0 Å². The summed E-state index contributed by atoms with van der Waals surface area (Å²) >= 11 is 0. The van der Waals surface area contributed by atoms with E-state index in [9.17, 15) is 0 Å². The third-order valence-electron chi connectivity index (χ3n) is 6.03. The van der Waals surface area contributed by atoms with E-state index in [-0.39, 0.29) is 11.2 Å². The van der Waals surface area contributed by atoms with E-state index < -0.39 is 0 Å². The minimum absolute atomic E-state index is 0.136. The zero-order valence-corrected chi connectivity index (χ0v) is 11.3. The highest BCUT2D eigenvalue weighted by Crippen LogP contribution is 2.61. The van der Waals surface area contributed by atoms with Gasteiger partial charge in [0.05, 0.1) is 11.2 Å². The standard InChI is InChI=1S/C15H26O/c1-10-5-7-12-9-15(16-14(12,3)4)11(2)6-8-13(10)15/h10-13H,5-9H2,1-4H3/t10-,11-,12-,13+,15+/m0/s1. The van der Waals surface area contributed by atoms with E-state index in [2.05, 4.69) is 27.7 Å². The van der Waals surface area contributed by atoms with Crippen molar-refractivity contribution in [2.75, 3.05) is 0 Å². The fourth-order valence-corrected chi connectivity index (χ4v) is 4.94. The molecule has 2 saturated carbocycles. The first-order valence-corrected chi connectivity index (χ1v) is 7.16. The minimum Gasteiger partial charge on any atom is -0.368 e. The molecule has 16 heavy (non-hydrogen) atoms. The van der Waals surface area contributed by atoms with E-state index in [1.54, 1.807) is 0 Å². The van der Waals surface area contributed by atoms with Crippen molar-refractivity contribution >= 4 is 0 Å². The average molecular weight is 222 g/mol. The third kappa shape index (κ3) is 1.27. The van der Waals surface area contributed by atoms with Crippen molar-refractivity contribution in [2.45, 2.75) is 71.0 Å². The molecule has 0 amide bonds. The molecule has 0 unspecified atom stereocenters. The third-order valence-corrected chi connectivity index (χ3v) is 6.03. The lowest BCUT2D eigenvalue weighted by atomic mass is 9.77. The summed E-state index contributed by atoms with van der Waals surface area (Å²) in [5, 5.41) is 0. The fourth-order valence-electron chi connectivity index (χ4n) is 4.94. The van der Waals surface area contributed by atoms with Crippen LogP contribution in [0, 0.1) is 23.7 Å². The van der Waals surface area contributed by atoms with Crippen molar-refractivity contribution in [3.8, 4) is 0 Å². The van der Waals surface area contributed by atoms with Crippen LogP contribution in [0.25, 0.3) is 0 Å². The SMILES string of the molecule is C[C@H]1CC[C@H]2C[C@]3(OC2(C)C)[C@@H]1CC[C@@H]3C. The van der Waals surface area contributed by atoms with Gasteiger partial charge in [-0.05, 0) is 69.6 Å². The van der Waals surface area contributed by atoms with Crippen LogP contribution in [0.2, 0.25) is 0 Å². The lowest BCUT2D eigenvalue weighted by molar-refractivity contribution is -0.145. The summed E-state index contributed by atoms with van der Waals surface area (Å²) in [6.45, 7) is 9.53. The van der Waals surface area contributed by atoms with Gasteiger partial charge in [-0.2, -0.15) is 0 Å². The average Bonchev–Trinajstić information content (AvgIpc) is 2.57. The molecule has 1 heteroatoms. The van der Waals surface area contributed by atoms with Crippen molar-refractivity contribution in [1.82, 2.24) is 0 Å². The molecular weight excluding hydrogens is 196 g/mol. The molecule has 1 nitrogen and oxygen atoms in total. The summed E-state index contributed by atoms with van der Waals surface area (Å²) < 4.78 is 6.65. The van der Waals surface area contributed by atoms with E-state index in [0.29, 0.717) is 0 Å². The number of hydrogen-bond donors (Lipinski definition) is 0. The molecule has 0 aromatic carbocycles. The van der Waals surface area contributed by atoms with Crippen LogP contribution >= 0.6 is 0 Å². The van der Waals surface area contributed by atoms with Gasteiger partial charge in [0.1, 0.15) is 0 Å². The van der Waals surface area contributed by atoms with Crippen molar-refractivity contribution < 1.29 is 4.74 Å². The Hall–Kier alpha value is -0.0400. The van der Waals surface area contributed by atoms with Crippen molar-refractivity contribution in [1.29, 1.82) is 0 Å². The number of hydrogen-bond acceptors (Lipinski definition) is 1. The highest BCUT2D eigenvalue weighted by atomic mass is 16.5. The second-order valence-corrected chi connectivity index (χ2v) is 7.20. The first kappa shape index (κ1) is 11.1. The van der Waals surface area contributed by atoms with Crippen LogP contribution in [-0.2, 0) is 4.74 Å². The predicted octanol–water partition coefficient (Wildman–Crippen LogP) is 4.02. The lowest BCUT2D eigenvalue weighted by Gasteiger charge is -2.40. The second kappa shape index (κ2) is 3.25. The van der Waals surface area contributed by atoms with E-state index in [1.807, 2.05) is 0 Å². The van der Waals surface area contributed by atoms with Crippen LogP contribution in [0.1, 0.15) is 59.8 Å². The normalized spacial score (nSPS) is 54.8. The van der Waals surface area contributed by atoms with E-state index in [4.69, 9.17) is 4.74 Å². The first-order valence-electron chi connectivity index (χ1n) is 7.16. The quantitative estimate of drug-likeness (QED) is 0.601. The maximum Gasteiger partial charge on any atom is 0.0749 e. The van der Waals surface area contributed by atoms with Crippen LogP contribution in [0.4, 0.5) is 0 Å². The molecule has 1 spiro atoms. The molecule has 0 N–H and O–H groups in total. The molecule has 3 rings (SSSR count). The Balaban J connectivity index is 2.01. The van der Waals surface area contributed by atoms with E-state index in [0.717, 1.165) is 23.7 Å². The molecule has 92 valence electrons. The Morgan fingerprint density at radius 2 is 1.75 bits per heavy atom. The summed E-state index contributed by atoms with van der Waals surface area (Å²) in [6, 6.07) is 0. The molecular formula is C15H26O. The minimum atomic E-state index is 0.136. The summed E-state index contributed by atoms with van der Waals surface area (Å²) in [5.74, 6) is 3.31. The van der Waals surface area contributed by atoms with Gasteiger partial charge in [0.2, 0.25) is 0 Å². The highest BCUT2D eigenvalue weighted by Gasteiger charge is 2.61. The molecule has 1 saturated heterocycles. The summed E-state index contributed by atoms with van der Waals surface area (Å²) in [4.78, 5) is 0. The van der Waals surface area contributed by atoms with Gasteiger partial charge in [-0.1, -0.05) is 13.8 Å². The van der Waals surface area contributed by atoms with Crippen molar-refractivity contribution in [2.24, 2.45) is 23.7 Å². The van der Waals surface area contributed by atoms with E-state index in [1.165, 1.54) is 32.1 Å². The molecule has 2 bridgehead atoms. The van der Waals surface area contributed by atoms with Gasteiger partial charge in [-0.15, -0.1) is 0 Å². The molecule has 3 aliphatic rings. The Labute approximate surface area is 99.9 Å². The summed E-state index contributed by atoms with van der Waals surface area (Å²) in [5.41, 5.74) is 0.390. The number of ether oxygens (including phenoxy) is 1. The summed E-state index contributed by atoms with van der Waals surface area (Å²) in [7, 11) is 0. The zero-order valence-electron chi connectivity index (χ0n) is 11.3. The molecule has 0 aromatic rings. The van der Waals surface area contributed by atoms with Crippen LogP contribution in [0.3, 0.4) is 0 Å². The monoisotopic (exact) mass is 222 g/mol. The Morgan fingerprint density at radius 3 is 2.50 bits per heavy atom. The van der Waals surface area contributed by atoms with Crippen LogP contribution < -0.4 is 0 Å². The lowest BCUT2D eigenvalue weighted by Crippen LogP contribution is -2.43. The zero-order chi connectivity index (χ0) is 11.6. The van der Waals surface area contributed by atoms with E-state index >= 15 is 0 Å². The van der Waals surface area contributed by atoms with Gasteiger partial charge in [-0.3, -0.25) is 0 Å². The molecule has 1 aliphatic heterocycles. The van der Waals surface area contributed by atoms with Gasteiger partial charge >= 0.3 is 0 Å². The maximum atomic E-state index is 6.65. The smallest absolute Gasteiger partial charge is 0.0749 e. The Bertz CT molecular complexity index is 296. The molecule has 0 radical (unpaired) electrons. The molecule has 5 atom stereocenters. The molecule has 2 aliphatic carbocycles. The van der Waals surface area contributed by atoms with Crippen molar-refractivity contribution in [3.63, 3.8) is 0 Å². The first-order chi connectivity index (χ1) is 7.46. The number of rotatable bonds is 0. The Kier molecular flexibility index (Phi) is 2.25. The fraction of sp³-hybridized carbons (Fsp3) is 1.00. The van der Waals surface area contributed by atoms with Crippen LogP contribution in [0.5, 0.6) is 0 Å². The van der Waals surface area contributed by atoms with Gasteiger partial charge in [-0.25, -0.2) is 0 Å². The predicted molar refractivity (Wildman–Crippen MR) is 66.3 cm³/mol. The highest BCUT2D eigenvalue weighted by molar-refractivity contribution is 5.10. The number of fused-ring (bicyclic) bond motifs is 1. The van der Waals surface area contributed by atoms with Crippen LogP contribution in [-0.4, -0.2) is 11.2 Å². The molecule has 1 heterocycles. The molecule has 3 fully saturated rings. The van der Waals surface area contributed by atoms with Gasteiger partial charge < -0.3 is 4.74 Å². The van der Waals surface area contributed by atoms with Crippen molar-refractivity contribution in [3.05, 3.63) is 0 Å². The Morgan fingerprint density at radius 1 is 1.00 bits per heavy atom. The summed E-state index contributed by atoms with van der Waals surface area (Å²) in [6.07, 6.45) is 6.95. The van der Waals surface area contributed by atoms with Gasteiger partial charge in [0.25, 0.3) is 0 Å². The largest absolute Gasteiger partial charge is 0.368 e. The maximum absolute atomic E-state index is 6.65. The molecule has 0 aromatic heterocycles. The van der Waals surface area contributed by atoms with Gasteiger partial charge in [0, 0.05) is 0 Å². The topological polar surface area (TPSA) is 9.23 Å². The van der Waals surface area contributed by atoms with Crippen LogP contribution in [0.15, 0.2) is 0 Å².